The van der Waals surface area contributed by atoms with Crippen LogP contribution in [0.4, 0.5) is 17.1 Å². The summed E-state index contributed by atoms with van der Waals surface area (Å²) in [7, 11) is 1.37. The summed E-state index contributed by atoms with van der Waals surface area (Å²) < 4.78 is 4.81. The van der Waals surface area contributed by atoms with Crippen molar-refractivity contribution in [1.29, 1.82) is 0 Å². The van der Waals surface area contributed by atoms with Crippen LogP contribution in [-0.4, -0.2) is 39.3 Å². The number of hydrogen-bond acceptors (Lipinski definition) is 5. The van der Waals surface area contributed by atoms with Crippen molar-refractivity contribution >= 4 is 23.0 Å². The Kier molecular flexibility index (Phi) is 4.83. The Morgan fingerprint density at radius 3 is 2.40 bits per heavy atom. The van der Waals surface area contributed by atoms with E-state index >= 15 is 0 Å². The fourth-order valence-electron chi connectivity index (χ4n) is 3.31. The van der Waals surface area contributed by atoms with Gasteiger partial charge in [-0.25, -0.2) is 4.79 Å². The molecule has 2 N–H and O–H groups in total. The minimum Gasteiger partial charge on any atom is -0.465 e. The number of carbonyl (C=O) groups excluding carboxylic acids is 1. The van der Waals surface area contributed by atoms with Crippen LogP contribution >= 0.6 is 0 Å². The molecule has 0 saturated carbocycles. The number of methoxy groups -OCH3 is 1. The molecule has 0 radical (unpaired) electrons. The third-order valence-electron chi connectivity index (χ3n) is 5.00. The van der Waals surface area contributed by atoms with Gasteiger partial charge < -0.3 is 20.3 Å². The molecule has 0 unspecified atom stereocenters. The van der Waals surface area contributed by atoms with E-state index in [-0.39, 0.29) is 0 Å². The first-order valence-corrected chi connectivity index (χ1v) is 8.55. The molecule has 0 amide bonds. The lowest BCUT2D eigenvalue weighted by molar-refractivity contribution is 0.0602. The Balaban J connectivity index is 1.74. The third kappa shape index (κ3) is 3.40. The lowest BCUT2D eigenvalue weighted by Crippen LogP contribution is -2.46. The third-order valence-corrected chi connectivity index (χ3v) is 5.00. The number of benzene rings is 2. The fourth-order valence-corrected chi connectivity index (χ4v) is 3.31. The molecule has 0 atom stereocenters. The summed E-state index contributed by atoms with van der Waals surface area (Å²) in [6.45, 7) is 8.03. The number of hydrogen-bond donors (Lipinski definition) is 1. The fraction of sp³-hybridized carbons (Fsp3) is 0.350. The van der Waals surface area contributed by atoms with Gasteiger partial charge in [0.25, 0.3) is 0 Å². The van der Waals surface area contributed by atoms with E-state index in [4.69, 9.17) is 10.5 Å². The number of carbonyl (C=O) groups is 1. The number of rotatable bonds is 3. The molecular formula is C20H25N3O2. The van der Waals surface area contributed by atoms with Crippen molar-refractivity contribution in [3.05, 3.63) is 53.1 Å². The summed E-state index contributed by atoms with van der Waals surface area (Å²) in [5, 5.41) is 0. The summed E-state index contributed by atoms with van der Waals surface area (Å²) in [4.78, 5) is 16.6. The molecule has 2 aromatic rings. The quantitative estimate of drug-likeness (QED) is 0.688. The summed E-state index contributed by atoms with van der Waals surface area (Å²) in [6.07, 6.45) is 0. The molecule has 2 aromatic carbocycles. The molecule has 1 aliphatic rings. The zero-order chi connectivity index (χ0) is 18.0. The number of anilines is 3. The lowest BCUT2D eigenvalue weighted by atomic mass is 10.1. The van der Waals surface area contributed by atoms with Crippen LogP contribution in [0.2, 0.25) is 0 Å². The van der Waals surface area contributed by atoms with Gasteiger partial charge in [0.1, 0.15) is 0 Å². The summed E-state index contributed by atoms with van der Waals surface area (Å²) in [6, 6.07) is 12.0. The average Bonchev–Trinajstić information content (AvgIpc) is 2.64. The monoisotopic (exact) mass is 339 g/mol. The molecule has 1 fully saturated rings. The van der Waals surface area contributed by atoms with Gasteiger partial charge in [0.2, 0.25) is 0 Å². The Bertz CT molecular complexity index is 781. The molecule has 3 rings (SSSR count). The van der Waals surface area contributed by atoms with E-state index in [1.807, 2.05) is 12.1 Å². The molecule has 0 aliphatic carbocycles. The van der Waals surface area contributed by atoms with Gasteiger partial charge in [-0.15, -0.1) is 0 Å². The topological polar surface area (TPSA) is 58.8 Å². The van der Waals surface area contributed by atoms with Crippen molar-refractivity contribution in [3.8, 4) is 0 Å². The van der Waals surface area contributed by atoms with Gasteiger partial charge in [-0.3, -0.25) is 0 Å². The Hall–Kier alpha value is -2.69. The largest absolute Gasteiger partial charge is 0.465 e. The first kappa shape index (κ1) is 17.1. The highest BCUT2D eigenvalue weighted by molar-refractivity contribution is 5.96. The number of nitrogens with zero attached hydrogens (tertiary/aromatic N) is 2. The summed E-state index contributed by atoms with van der Waals surface area (Å²) in [5.41, 5.74) is 11.8. The molecule has 0 spiro atoms. The van der Waals surface area contributed by atoms with Crippen LogP contribution in [0, 0.1) is 13.8 Å². The predicted molar refractivity (Wildman–Crippen MR) is 103 cm³/mol. The molecule has 1 aliphatic heterocycles. The van der Waals surface area contributed by atoms with Crippen molar-refractivity contribution in [1.82, 2.24) is 0 Å². The van der Waals surface area contributed by atoms with Gasteiger partial charge in [-0.05, 0) is 49.2 Å². The van der Waals surface area contributed by atoms with Crippen molar-refractivity contribution in [2.45, 2.75) is 13.8 Å². The molecule has 132 valence electrons. The highest BCUT2D eigenvalue weighted by Gasteiger charge is 2.20. The van der Waals surface area contributed by atoms with Gasteiger partial charge in [0, 0.05) is 43.2 Å². The van der Waals surface area contributed by atoms with Crippen LogP contribution in [0.25, 0.3) is 0 Å². The van der Waals surface area contributed by atoms with Gasteiger partial charge in [-0.2, -0.15) is 0 Å². The van der Waals surface area contributed by atoms with Gasteiger partial charge in [-0.1, -0.05) is 12.1 Å². The molecule has 0 bridgehead atoms. The Morgan fingerprint density at radius 2 is 1.72 bits per heavy atom. The van der Waals surface area contributed by atoms with E-state index < -0.39 is 5.97 Å². The zero-order valence-electron chi connectivity index (χ0n) is 15.1. The number of nitrogen functional groups attached to an aromatic ring is 1. The lowest BCUT2D eigenvalue weighted by Gasteiger charge is -2.38. The SMILES string of the molecule is COC(=O)c1cc(N2CCN(c3cccc(C)c3C)CC2)ccc1N. The van der Waals surface area contributed by atoms with Crippen LogP contribution in [-0.2, 0) is 4.74 Å². The van der Waals surface area contributed by atoms with Crippen LogP contribution in [0.15, 0.2) is 36.4 Å². The maximum Gasteiger partial charge on any atom is 0.340 e. The van der Waals surface area contributed by atoms with Crippen LogP contribution in [0.3, 0.4) is 0 Å². The second kappa shape index (κ2) is 7.05. The number of ether oxygens (including phenoxy) is 1. The smallest absolute Gasteiger partial charge is 0.340 e. The molecule has 5 nitrogen and oxygen atoms in total. The van der Waals surface area contributed by atoms with E-state index in [2.05, 4.69) is 41.8 Å². The van der Waals surface area contributed by atoms with E-state index in [0.717, 1.165) is 31.9 Å². The van der Waals surface area contributed by atoms with Gasteiger partial charge in [0.05, 0.1) is 12.7 Å². The second-order valence-corrected chi connectivity index (χ2v) is 6.46. The molecule has 25 heavy (non-hydrogen) atoms. The number of piperazine rings is 1. The van der Waals surface area contributed by atoms with Crippen molar-refractivity contribution in [2.24, 2.45) is 0 Å². The zero-order valence-corrected chi connectivity index (χ0v) is 15.1. The highest BCUT2D eigenvalue weighted by atomic mass is 16.5. The van der Waals surface area contributed by atoms with E-state index in [1.54, 1.807) is 6.07 Å². The number of nitrogens with two attached hydrogens (primary N) is 1. The van der Waals surface area contributed by atoms with Gasteiger partial charge >= 0.3 is 5.97 Å². The second-order valence-electron chi connectivity index (χ2n) is 6.46. The predicted octanol–water partition coefficient (Wildman–Crippen LogP) is 3.00. The summed E-state index contributed by atoms with van der Waals surface area (Å²) in [5.74, 6) is -0.395. The Labute approximate surface area is 149 Å². The van der Waals surface area contributed by atoms with E-state index in [1.165, 1.54) is 23.9 Å². The highest BCUT2D eigenvalue weighted by Crippen LogP contribution is 2.27. The van der Waals surface area contributed by atoms with Crippen molar-refractivity contribution in [2.75, 3.05) is 48.8 Å². The number of aryl methyl sites for hydroxylation is 1. The summed E-state index contributed by atoms with van der Waals surface area (Å²) >= 11 is 0. The molecule has 0 aromatic heterocycles. The minimum atomic E-state index is -0.395. The average molecular weight is 339 g/mol. The number of esters is 1. The van der Waals surface area contributed by atoms with Crippen LogP contribution < -0.4 is 15.5 Å². The van der Waals surface area contributed by atoms with E-state index in [9.17, 15) is 4.79 Å². The molecule has 1 saturated heterocycles. The van der Waals surface area contributed by atoms with Crippen LogP contribution in [0.1, 0.15) is 21.5 Å². The molecule has 1 heterocycles. The minimum absolute atomic E-state index is 0.395. The van der Waals surface area contributed by atoms with Crippen molar-refractivity contribution < 1.29 is 9.53 Å². The maximum atomic E-state index is 11.8. The molecular weight excluding hydrogens is 314 g/mol. The first-order chi connectivity index (χ1) is 12.0. The first-order valence-electron chi connectivity index (χ1n) is 8.55. The van der Waals surface area contributed by atoms with Gasteiger partial charge in [0.15, 0.2) is 0 Å². The standard InChI is InChI=1S/C20H25N3O2/c1-14-5-4-6-19(15(14)2)23-11-9-22(10-12-23)16-7-8-18(21)17(13-16)20(24)25-3/h4-8,13H,9-12,21H2,1-3H3. The van der Waals surface area contributed by atoms with Crippen molar-refractivity contribution in [3.63, 3.8) is 0 Å². The Morgan fingerprint density at radius 1 is 1.04 bits per heavy atom. The maximum absolute atomic E-state index is 11.8. The van der Waals surface area contributed by atoms with Crippen LogP contribution in [0.5, 0.6) is 0 Å². The normalized spacial score (nSPS) is 14.5. The molecule has 5 heteroatoms. The van der Waals surface area contributed by atoms with E-state index in [0.29, 0.717) is 11.3 Å².